The van der Waals surface area contributed by atoms with E-state index in [0.29, 0.717) is 19.0 Å². The molecule has 0 amide bonds. The predicted octanol–water partition coefficient (Wildman–Crippen LogP) is 4.86. The Morgan fingerprint density at radius 1 is 1.03 bits per heavy atom. The molecule has 0 bridgehead atoms. The lowest BCUT2D eigenvalue weighted by Gasteiger charge is -2.30. The fourth-order valence-electron chi connectivity index (χ4n) is 3.50. The van der Waals surface area contributed by atoms with Crippen molar-refractivity contribution in [2.45, 2.75) is 32.8 Å². The summed E-state index contributed by atoms with van der Waals surface area (Å²) in [5, 5.41) is 3.24. The number of halogens is 3. The van der Waals surface area contributed by atoms with Crippen LogP contribution in [0.3, 0.4) is 0 Å². The van der Waals surface area contributed by atoms with Gasteiger partial charge in [0.25, 0.3) is 0 Å². The van der Waals surface area contributed by atoms with E-state index in [2.05, 4.69) is 20.0 Å². The van der Waals surface area contributed by atoms with Crippen LogP contribution >= 0.6 is 0 Å². The van der Waals surface area contributed by atoms with E-state index in [1.807, 2.05) is 48.2 Å². The third-order valence-electron chi connectivity index (χ3n) is 4.88. The summed E-state index contributed by atoms with van der Waals surface area (Å²) in [6.45, 7) is 3.68. The Kier molecular flexibility index (Phi) is 5.48. The second kappa shape index (κ2) is 8.22. The van der Waals surface area contributed by atoms with Crippen molar-refractivity contribution in [2.24, 2.45) is 0 Å². The van der Waals surface area contributed by atoms with Gasteiger partial charge in [0.2, 0.25) is 5.95 Å². The number of rotatable bonds is 5. The Morgan fingerprint density at radius 2 is 1.83 bits per heavy atom. The summed E-state index contributed by atoms with van der Waals surface area (Å²) in [5.41, 5.74) is 3.76. The number of nitrogens with one attached hydrogen (secondary N) is 1. The van der Waals surface area contributed by atoms with Gasteiger partial charge in [-0.2, -0.15) is 4.98 Å². The molecule has 156 valence electrons. The molecule has 0 aliphatic carbocycles. The molecule has 0 spiro atoms. The van der Waals surface area contributed by atoms with Gasteiger partial charge >= 0.3 is 6.36 Å². The second-order valence-corrected chi connectivity index (χ2v) is 7.18. The normalized spacial score (nSPS) is 13.7. The number of nitrogens with zero attached hydrogens (tertiary/aromatic N) is 3. The van der Waals surface area contributed by atoms with Crippen molar-refractivity contribution in [3.8, 4) is 5.75 Å². The molecule has 30 heavy (non-hydrogen) atoms. The number of hydrogen-bond donors (Lipinski definition) is 1. The minimum Gasteiger partial charge on any atom is -0.406 e. The minimum atomic E-state index is -4.70. The van der Waals surface area contributed by atoms with E-state index in [4.69, 9.17) is 0 Å². The molecule has 1 aromatic heterocycles. The molecule has 1 aliphatic heterocycles. The number of ether oxygens (including phenoxy) is 1. The molecule has 0 saturated carbocycles. The first-order valence-electron chi connectivity index (χ1n) is 9.62. The predicted molar refractivity (Wildman–Crippen MR) is 108 cm³/mol. The molecule has 2 heterocycles. The number of fused-ring (bicyclic) bond motifs is 1. The first-order chi connectivity index (χ1) is 14.4. The van der Waals surface area contributed by atoms with Crippen LogP contribution in [0.1, 0.15) is 22.4 Å². The number of aryl methyl sites for hydroxylation is 1. The van der Waals surface area contributed by atoms with Crippen LogP contribution in [0.15, 0.2) is 54.6 Å². The highest BCUT2D eigenvalue weighted by Gasteiger charge is 2.31. The Hall–Kier alpha value is -3.29. The average Bonchev–Trinajstić information content (AvgIpc) is 2.71. The Labute approximate surface area is 172 Å². The van der Waals surface area contributed by atoms with E-state index in [0.717, 1.165) is 41.2 Å². The van der Waals surface area contributed by atoms with Crippen molar-refractivity contribution in [3.05, 3.63) is 77.0 Å². The third kappa shape index (κ3) is 5.00. The molecule has 4 rings (SSSR count). The summed E-state index contributed by atoms with van der Waals surface area (Å²) in [6, 6.07) is 16.4. The van der Waals surface area contributed by atoms with E-state index in [1.165, 1.54) is 12.1 Å². The van der Waals surface area contributed by atoms with Gasteiger partial charge in [0.1, 0.15) is 11.6 Å². The van der Waals surface area contributed by atoms with Crippen molar-refractivity contribution in [3.63, 3.8) is 0 Å². The summed E-state index contributed by atoms with van der Waals surface area (Å²) in [5.74, 6) is 1.06. The molecule has 0 unspecified atom stereocenters. The van der Waals surface area contributed by atoms with Crippen LogP contribution in [0.2, 0.25) is 0 Å². The fraction of sp³-hybridized carbons (Fsp3) is 0.273. The zero-order valence-corrected chi connectivity index (χ0v) is 16.4. The van der Waals surface area contributed by atoms with E-state index >= 15 is 0 Å². The van der Waals surface area contributed by atoms with Gasteiger partial charge in [-0.3, -0.25) is 0 Å². The molecule has 0 saturated heterocycles. The first kappa shape index (κ1) is 20.0. The average molecular weight is 414 g/mol. The molecule has 0 fully saturated rings. The molecule has 1 N–H and O–H groups in total. The first-order valence-corrected chi connectivity index (χ1v) is 9.62. The minimum absolute atomic E-state index is 0.202. The molecule has 0 radical (unpaired) electrons. The number of anilines is 2. The number of benzene rings is 2. The number of alkyl halides is 3. The van der Waals surface area contributed by atoms with Gasteiger partial charge in [-0.05, 0) is 42.2 Å². The standard InChI is InChI=1S/C22H21F3N4O/c1-15-11-20(28-21(27-15)26-13-16-5-3-2-4-6-16)29-10-9-17-7-8-19(12-18(17)14-29)30-22(23,24)25/h2-8,11-12H,9-10,13-14H2,1H3,(H,26,27,28). The summed E-state index contributed by atoms with van der Waals surface area (Å²) in [7, 11) is 0. The molecule has 8 heteroatoms. The Balaban J connectivity index is 1.51. The third-order valence-corrected chi connectivity index (χ3v) is 4.88. The van der Waals surface area contributed by atoms with Gasteiger partial charge in [0.05, 0.1) is 0 Å². The van der Waals surface area contributed by atoms with E-state index in [-0.39, 0.29) is 5.75 Å². The van der Waals surface area contributed by atoms with Gasteiger partial charge in [0, 0.05) is 31.4 Å². The molecule has 0 atom stereocenters. The van der Waals surface area contributed by atoms with Crippen LogP contribution < -0.4 is 15.0 Å². The Bertz CT molecular complexity index is 1020. The lowest BCUT2D eigenvalue weighted by atomic mass is 9.99. The van der Waals surface area contributed by atoms with Crippen LogP contribution in [0, 0.1) is 6.92 Å². The number of aromatic nitrogens is 2. The summed E-state index contributed by atoms with van der Waals surface area (Å²) >= 11 is 0. The van der Waals surface area contributed by atoms with Crippen molar-refractivity contribution >= 4 is 11.8 Å². The van der Waals surface area contributed by atoms with Crippen LogP contribution in [0.5, 0.6) is 5.75 Å². The largest absolute Gasteiger partial charge is 0.573 e. The van der Waals surface area contributed by atoms with Crippen LogP contribution in [-0.2, 0) is 19.5 Å². The van der Waals surface area contributed by atoms with Crippen molar-refractivity contribution in [1.29, 1.82) is 0 Å². The second-order valence-electron chi connectivity index (χ2n) is 7.18. The van der Waals surface area contributed by atoms with Crippen LogP contribution in [0.25, 0.3) is 0 Å². The smallest absolute Gasteiger partial charge is 0.406 e. The maximum atomic E-state index is 12.5. The van der Waals surface area contributed by atoms with Crippen molar-refractivity contribution in [1.82, 2.24) is 9.97 Å². The van der Waals surface area contributed by atoms with E-state index < -0.39 is 6.36 Å². The maximum Gasteiger partial charge on any atom is 0.573 e. The van der Waals surface area contributed by atoms with Crippen molar-refractivity contribution in [2.75, 3.05) is 16.8 Å². The van der Waals surface area contributed by atoms with Crippen LogP contribution in [0.4, 0.5) is 24.9 Å². The quantitative estimate of drug-likeness (QED) is 0.646. The fourth-order valence-corrected chi connectivity index (χ4v) is 3.50. The molecule has 3 aromatic rings. The lowest BCUT2D eigenvalue weighted by molar-refractivity contribution is -0.274. The molecule has 2 aromatic carbocycles. The van der Waals surface area contributed by atoms with Gasteiger partial charge in [0.15, 0.2) is 0 Å². The van der Waals surface area contributed by atoms with Gasteiger partial charge < -0.3 is 15.0 Å². The van der Waals surface area contributed by atoms with E-state index in [1.54, 1.807) is 6.07 Å². The highest BCUT2D eigenvalue weighted by atomic mass is 19.4. The zero-order valence-electron chi connectivity index (χ0n) is 16.4. The topological polar surface area (TPSA) is 50.3 Å². The van der Waals surface area contributed by atoms with Crippen LogP contribution in [-0.4, -0.2) is 22.9 Å². The van der Waals surface area contributed by atoms with E-state index in [9.17, 15) is 13.2 Å². The highest BCUT2D eigenvalue weighted by molar-refractivity contribution is 5.49. The molecule has 1 aliphatic rings. The SMILES string of the molecule is Cc1cc(N2CCc3ccc(OC(F)(F)F)cc3C2)nc(NCc2ccccc2)n1. The zero-order chi connectivity index (χ0) is 21.1. The lowest BCUT2D eigenvalue weighted by Crippen LogP contribution is -2.31. The molecule has 5 nitrogen and oxygen atoms in total. The Morgan fingerprint density at radius 3 is 2.60 bits per heavy atom. The van der Waals surface area contributed by atoms with Crippen molar-refractivity contribution < 1.29 is 17.9 Å². The molecular formula is C22H21F3N4O. The monoisotopic (exact) mass is 414 g/mol. The summed E-state index contributed by atoms with van der Waals surface area (Å²) in [6.07, 6.45) is -3.98. The van der Waals surface area contributed by atoms with Gasteiger partial charge in [-0.25, -0.2) is 4.98 Å². The highest BCUT2D eigenvalue weighted by Crippen LogP contribution is 2.30. The number of hydrogen-bond acceptors (Lipinski definition) is 5. The summed E-state index contributed by atoms with van der Waals surface area (Å²) in [4.78, 5) is 11.1. The van der Waals surface area contributed by atoms with Gasteiger partial charge in [-0.15, -0.1) is 13.2 Å². The maximum absolute atomic E-state index is 12.5. The molecular weight excluding hydrogens is 393 g/mol. The van der Waals surface area contributed by atoms with Gasteiger partial charge in [-0.1, -0.05) is 36.4 Å². The summed E-state index contributed by atoms with van der Waals surface area (Å²) < 4.78 is 41.7.